The van der Waals surface area contributed by atoms with Crippen LogP contribution < -0.4 is 5.32 Å². The molecule has 0 aliphatic heterocycles. The minimum atomic E-state index is -0.366. The Kier molecular flexibility index (Phi) is 7.08. The topological polar surface area (TPSA) is 51.2 Å². The van der Waals surface area contributed by atoms with Crippen LogP contribution in [-0.2, 0) is 4.74 Å². The zero-order chi connectivity index (χ0) is 24.0. The maximum absolute atomic E-state index is 11.7. The number of carbonyl (C=O) groups is 1. The molecule has 4 aromatic rings. The Morgan fingerprint density at radius 2 is 1.74 bits per heavy atom. The number of rotatable bonds is 8. The lowest BCUT2D eigenvalue weighted by Gasteiger charge is -2.22. The minimum absolute atomic E-state index is 0.366. The largest absolute Gasteiger partial charge is 0.465 e. The van der Waals surface area contributed by atoms with Crippen molar-refractivity contribution in [2.75, 3.05) is 19.0 Å². The quantitative estimate of drug-likeness (QED) is 0.275. The van der Waals surface area contributed by atoms with Crippen molar-refractivity contribution in [2.24, 2.45) is 5.92 Å². The highest BCUT2D eigenvalue weighted by Gasteiger charge is 2.22. The molecule has 1 unspecified atom stereocenters. The summed E-state index contributed by atoms with van der Waals surface area (Å²) in [5, 5.41) is 6.06. The van der Waals surface area contributed by atoms with Crippen LogP contribution in [0, 0.1) is 5.92 Å². The van der Waals surface area contributed by atoms with Gasteiger partial charge in [0.15, 0.2) is 0 Å². The van der Waals surface area contributed by atoms with Crippen molar-refractivity contribution in [3.8, 4) is 11.1 Å². The summed E-state index contributed by atoms with van der Waals surface area (Å²) >= 11 is 0. The van der Waals surface area contributed by atoms with E-state index in [4.69, 9.17) is 4.74 Å². The highest BCUT2D eigenvalue weighted by Crippen LogP contribution is 2.35. The molecule has 0 radical (unpaired) electrons. The lowest BCUT2D eigenvalue weighted by molar-refractivity contribution is 0.0600. The third kappa shape index (κ3) is 5.37. The fourth-order valence-corrected chi connectivity index (χ4v) is 5.36. The van der Waals surface area contributed by atoms with Crippen molar-refractivity contribution in [2.45, 2.75) is 38.0 Å². The van der Waals surface area contributed by atoms with Gasteiger partial charge in [0, 0.05) is 18.7 Å². The number of esters is 1. The van der Waals surface area contributed by atoms with Crippen molar-refractivity contribution in [3.05, 3.63) is 96.2 Å². The third-order valence-electron chi connectivity index (χ3n) is 7.29. The molecule has 1 aromatic heterocycles. The number of hydrogen-bond acceptors (Lipinski definition) is 4. The minimum Gasteiger partial charge on any atom is -0.465 e. The summed E-state index contributed by atoms with van der Waals surface area (Å²) in [5.41, 5.74) is 4.34. The van der Waals surface area contributed by atoms with Gasteiger partial charge in [0.05, 0.1) is 12.7 Å². The van der Waals surface area contributed by atoms with Gasteiger partial charge < -0.3 is 10.1 Å². The molecule has 1 heterocycles. The highest BCUT2D eigenvalue weighted by molar-refractivity contribution is 5.96. The Morgan fingerprint density at radius 1 is 0.971 bits per heavy atom. The lowest BCUT2D eigenvalue weighted by atomic mass is 9.87. The Hall–Kier alpha value is -3.66. The molecule has 3 aromatic carbocycles. The van der Waals surface area contributed by atoms with Crippen molar-refractivity contribution in [3.63, 3.8) is 0 Å². The molecule has 1 saturated carbocycles. The summed E-state index contributed by atoms with van der Waals surface area (Å²) in [6.07, 6.45) is 8.11. The van der Waals surface area contributed by atoms with Crippen molar-refractivity contribution in [1.82, 2.24) is 4.98 Å². The molecule has 1 fully saturated rings. The van der Waals surface area contributed by atoms with Gasteiger partial charge in [0.1, 0.15) is 5.82 Å². The first-order chi connectivity index (χ1) is 17.2. The molecule has 1 atom stereocenters. The fourth-order valence-electron chi connectivity index (χ4n) is 5.36. The number of hydrogen-bond donors (Lipinski definition) is 1. The third-order valence-corrected chi connectivity index (χ3v) is 7.29. The summed E-state index contributed by atoms with van der Waals surface area (Å²) in [4.78, 5) is 16.1. The number of carbonyl (C=O) groups excluding carboxylic acids is 1. The summed E-state index contributed by atoms with van der Waals surface area (Å²) < 4.78 is 4.77. The van der Waals surface area contributed by atoms with Gasteiger partial charge in [-0.15, -0.1) is 0 Å². The SMILES string of the molecule is COC(=O)c1ccc(NCC(CC2CCCC2)c2ccc(-c3cccc4ccccc34)cc2)nc1. The number of fused-ring (bicyclic) bond motifs is 1. The Labute approximate surface area is 207 Å². The standard InChI is InChI=1S/C31H32N2O2/c1-35-31(34)26-17-18-30(32-20-26)33-21-27(19-22-7-2-3-8-22)23-13-15-25(16-14-23)29-12-6-10-24-9-4-5-11-28(24)29/h4-6,9-18,20,22,27H,2-3,7-8,19,21H2,1H3,(H,32,33). The van der Waals surface area contributed by atoms with Crippen LogP contribution in [0.5, 0.6) is 0 Å². The van der Waals surface area contributed by atoms with Gasteiger partial charge in [-0.2, -0.15) is 0 Å². The van der Waals surface area contributed by atoms with Gasteiger partial charge in [0.2, 0.25) is 0 Å². The smallest absolute Gasteiger partial charge is 0.339 e. The Bertz CT molecular complexity index is 1270. The average molecular weight is 465 g/mol. The molecule has 0 bridgehead atoms. The molecule has 0 spiro atoms. The monoisotopic (exact) mass is 464 g/mol. The van der Waals surface area contributed by atoms with Crippen LogP contribution >= 0.6 is 0 Å². The van der Waals surface area contributed by atoms with E-state index in [1.807, 2.05) is 6.07 Å². The first-order valence-corrected chi connectivity index (χ1v) is 12.6. The van der Waals surface area contributed by atoms with E-state index in [1.54, 1.807) is 12.3 Å². The van der Waals surface area contributed by atoms with E-state index in [0.717, 1.165) is 18.3 Å². The van der Waals surface area contributed by atoms with Crippen molar-refractivity contribution in [1.29, 1.82) is 0 Å². The lowest BCUT2D eigenvalue weighted by Crippen LogP contribution is -2.16. The maximum Gasteiger partial charge on any atom is 0.339 e. The average Bonchev–Trinajstić information content (AvgIpc) is 3.44. The van der Waals surface area contributed by atoms with Crippen LogP contribution in [0.25, 0.3) is 21.9 Å². The number of anilines is 1. The van der Waals surface area contributed by atoms with E-state index < -0.39 is 0 Å². The molecule has 0 amide bonds. The molecule has 5 rings (SSSR count). The van der Waals surface area contributed by atoms with E-state index in [-0.39, 0.29) is 5.97 Å². The first-order valence-electron chi connectivity index (χ1n) is 12.6. The Morgan fingerprint density at radius 3 is 2.49 bits per heavy atom. The zero-order valence-electron chi connectivity index (χ0n) is 20.2. The number of aromatic nitrogens is 1. The number of nitrogens with zero attached hydrogens (tertiary/aromatic N) is 1. The highest BCUT2D eigenvalue weighted by atomic mass is 16.5. The predicted molar refractivity (Wildman–Crippen MR) is 143 cm³/mol. The maximum atomic E-state index is 11.7. The van der Waals surface area contributed by atoms with E-state index in [0.29, 0.717) is 11.5 Å². The molecule has 4 heteroatoms. The van der Waals surface area contributed by atoms with Gasteiger partial charge in [-0.3, -0.25) is 0 Å². The second kappa shape index (κ2) is 10.7. The number of nitrogens with one attached hydrogen (secondary N) is 1. The fraction of sp³-hybridized carbons (Fsp3) is 0.290. The molecule has 4 nitrogen and oxygen atoms in total. The number of methoxy groups -OCH3 is 1. The summed E-state index contributed by atoms with van der Waals surface area (Å²) in [6, 6.07) is 27.8. The number of pyridine rings is 1. The van der Waals surface area contributed by atoms with Crippen LogP contribution in [0.3, 0.4) is 0 Å². The summed E-state index contributed by atoms with van der Waals surface area (Å²) in [6.45, 7) is 0.814. The van der Waals surface area contributed by atoms with Gasteiger partial charge in [-0.1, -0.05) is 92.4 Å². The molecule has 1 N–H and O–H groups in total. The van der Waals surface area contributed by atoms with Crippen LogP contribution in [0.4, 0.5) is 5.82 Å². The molecule has 1 aliphatic carbocycles. The van der Waals surface area contributed by atoms with Gasteiger partial charge in [0.25, 0.3) is 0 Å². The predicted octanol–water partition coefficient (Wildman–Crippen LogP) is 7.46. The molecule has 178 valence electrons. The second-order valence-corrected chi connectivity index (χ2v) is 9.54. The first kappa shape index (κ1) is 23.1. The molecular formula is C31H32N2O2. The van der Waals surface area contributed by atoms with E-state index in [9.17, 15) is 4.79 Å². The molecule has 1 aliphatic rings. The summed E-state index contributed by atoms with van der Waals surface area (Å²) in [7, 11) is 1.38. The van der Waals surface area contributed by atoms with Crippen molar-refractivity contribution >= 4 is 22.6 Å². The second-order valence-electron chi connectivity index (χ2n) is 9.54. The van der Waals surface area contributed by atoms with E-state index >= 15 is 0 Å². The van der Waals surface area contributed by atoms with Gasteiger partial charge in [-0.05, 0) is 51.9 Å². The zero-order valence-corrected chi connectivity index (χ0v) is 20.2. The van der Waals surface area contributed by atoms with Crippen molar-refractivity contribution < 1.29 is 9.53 Å². The molecule has 35 heavy (non-hydrogen) atoms. The number of benzene rings is 3. The number of ether oxygens (including phenoxy) is 1. The molecule has 0 saturated heterocycles. The van der Waals surface area contributed by atoms with Crippen LogP contribution in [-0.4, -0.2) is 24.6 Å². The van der Waals surface area contributed by atoms with Crippen LogP contribution in [0.15, 0.2) is 85.1 Å². The van der Waals surface area contributed by atoms with E-state index in [1.165, 1.54) is 66.7 Å². The normalized spacial score (nSPS) is 14.7. The molecular weight excluding hydrogens is 432 g/mol. The summed E-state index contributed by atoms with van der Waals surface area (Å²) in [5.74, 6) is 1.60. The van der Waals surface area contributed by atoms with Gasteiger partial charge in [-0.25, -0.2) is 9.78 Å². The van der Waals surface area contributed by atoms with Crippen LogP contribution in [0.1, 0.15) is 53.9 Å². The van der Waals surface area contributed by atoms with Crippen LogP contribution in [0.2, 0.25) is 0 Å². The Balaban J connectivity index is 1.35. The van der Waals surface area contributed by atoms with E-state index in [2.05, 4.69) is 77.0 Å². The van der Waals surface area contributed by atoms with Gasteiger partial charge >= 0.3 is 5.97 Å².